The number of amides is 2. The average molecular weight is 338 g/mol. The highest BCUT2D eigenvalue weighted by atomic mass is 19.1. The maximum atomic E-state index is 12.9. The fraction of sp³-hybridized carbons (Fsp3) is 0.263. The van der Waals surface area contributed by atoms with Crippen molar-refractivity contribution < 1.29 is 9.18 Å². The summed E-state index contributed by atoms with van der Waals surface area (Å²) >= 11 is 0. The van der Waals surface area contributed by atoms with E-state index in [4.69, 9.17) is 0 Å². The molecule has 1 aliphatic heterocycles. The van der Waals surface area contributed by atoms with E-state index < -0.39 is 0 Å². The van der Waals surface area contributed by atoms with Gasteiger partial charge in [-0.2, -0.15) is 0 Å². The molecule has 2 amide bonds. The van der Waals surface area contributed by atoms with Crippen molar-refractivity contribution in [3.05, 3.63) is 60.7 Å². The molecule has 0 bridgehead atoms. The van der Waals surface area contributed by atoms with E-state index in [0.717, 1.165) is 23.9 Å². The summed E-state index contributed by atoms with van der Waals surface area (Å²) in [5.74, 6) is -0.314. The molecule has 128 valence electrons. The minimum absolute atomic E-state index is 0.138. The first-order valence-electron chi connectivity index (χ1n) is 8.44. The van der Waals surface area contributed by atoms with Crippen molar-refractivity contribution in [3.8, 4) is 0 Å². The van der Waals surface area contributed by atoms with Gasteiger partial charge in [0.25, 0.3) is 0 Å². The van der Waals surface area contributed by atoms with Gasteiger partial charge in [0.1, 0.15) is 5.82 Å². The molecular weight excluding hydrogens is 319 g/mol. The summed E-state index contributed by atoms with van der Waals surface area (Å²) in [6.45, 7) is 1.37. The Kier molecular flexibility index (Phi) is 4.09. The molecule has 5 nitrogen and oxygen atoms in total. The predicted molar refractivity (Wildman–Crippen MR) is 95.0 cm³/mol. The van der Waals surface area contributed by atoms with E-state index in [0.29, 0.717) is 24.8 Å². The molecule has 6 heteroatoms. The zero-order valence-corrected chi connectivity index (χ0v) is 13.7. The molecule has 0 radical (unpaired) electrons. The van der Waals surface area contributed by atoms with Crippen LogP contribution in [0.4, 0.5) is 14.9 Å². The topological polar surface area (TPSA) is 50.2 Å². The van der Waals surface area contributed by atoms with Crippen LogP contribution in [0.3, 0.4) is 0 Å². The molecule has 0 aliphatic carbocycles. The number of hydrogen-bond donors (Lipinski definition) is 1. The van der Waals surface area contributed by atoms with Crippen LogP contribution in [0.2, 0.25) is 0 Å². The van der Waals surface area contributed by atoms with Gasteiger partial charge in [-0.25, -0.2) is 14.2 Å². The number of carbonyl (C=O) groups is 1. The van der Waals surface area contributed by atoms with Gasteiger partial charge < -0.3 is 14.8 Å². The van der Waals surface area contributed by atoms with Gasteiger partial charge in [0, 0.05) is 24.8 Å². The number of carbonyl (C=O) groups excluding carboxylic acids is 1. The summed E-state index contributed by atoms with van der Waals surface area (Å²) in [6, 6.07) is 14.1. The molecule has 1 aliphatic rings. The Labute approximate surface area is 145 Å². The summed E-state index contributed by atoms with van der Waals surface area (Å²) in [5.41, 5.74) is 2.74. The number of rotatable bonds is 2. The molecule has 1 aromatic heterocycles. The van der Waals surface area contributed by atoms with Crippen LogP contribution in [0.25, 0.3) is 11.0 Å². The minimum atomic E-state index is -0.314. The lowest BCUT2D eigenvalue weighted by Gasteiger charge is -2.32. The SMILES string of the molecule is O=C(Nc1ccc(F)cc1)N1CCC(n2cnc3ccccc32)CC1. The van der Waals surface area contributed by atoms with Crippen molar-refractivity contribution in [2.75, 3.05) is 18.4 Å². The summed E-state index contributed by atoms with van der Waals surface area (Å²) in [7, 11) is 0. The van der Waals surface area contributed by atoms with Crippen molar-refractivity contribution in [2.45, 2.75) is 18.9 Å². The van der Waals surface area contributed by atoms with E-state index in [1.54, 1.807) is 17.0 Å². The normalized spacial score (nSPS) is 15.5. The third-order valence-corrected chi connectivity index (χ3v) is 4.72. The van der Waals surface area contributed by atoms with Gasteiger partial charge in [0.05, 0.1) is 17.4 Å². The van der Waals surface area contributed by atoms with Gasteiger partial charge in [-0.1, -0.05) is 12.1 Å². The summed E-state index contributed by atoms with van der Waals surface area (Å²) in [4.78, 5) is 18.6. The van der Waals surface area contributed by atoms with Gasteiger partial charge in [-0.15, -0.1) is 0 Å². The molecule has 25 heavy (non-hydrogen) atoms. The van der Waals surface area contributed by atoms with Crippen LogP contribution < -0.4 is 5.32 Å². The summed E-state index contributed by atoms with van der Waals surface area (Å²) in [5, 5.41) is 2.82. The average Bonchev–Trinajstić information content (AvgIpc) is 3.08. The van der Waals surface area contributed by atoms with Crippen molar-refractivity contribution in [2.24, 2.45) is 0 Å². The minimum Gasteiger partial charge on any atom is -0.327 e. The van der Waals surface area contributed by atoms with E-state index in [2.05, 4.69) is 20.9 Å². The Morgan fingerprint density at radius 1 is 1.08 bits per heavy atom. The first kappa shape index (κ1) is 15.6. The number of halogens is 1. The Bertz CT molecular complexity index is 882. The second-order valence-electron chi connectivity index (χ2n) is 6.30. The third kappa shape index (κ3) is 3.20. The number of nitrogens with zero attached hydrogens (tertiary/aromatic N) is 3. The van der Waals surface area contributed by atoms with Crippen LogP contribution in [-0.2, 0) is 0 Å². The second kappa shape index (κ2) is 6.55. The first-order valence-corrected chi connectivity index (χ1v) is 8.44. The molecule has 0 atom stereocenters. The van der Waals surface area contributed by atoms with Crippen molar-refractivity contribution in [3.63, 3.8) is 0 Å². The van der Waals surface area contributed by atoms with E-state index in [9.17, 15) is 9.18 Å². The zero-order chi connectivity index (χ0) is 17.2. The van der Waals surface area contributed by atoms with Gasteiger partial charge in [-0.3, -0.25) is 0 Å². The quantitative estimate of drug-likeness (QED) is 0.766. The van der Waals surface area contributed by atoms with Crippen LogP contribution >= 0.6 is 0 Å². The van der Waals surface area contributed by atoms with E-state index >= 15 is 0 Å². The van der Waals surface area contributed by atoms with Crippen LogP contribution in [0, 0.1) is 5.82 Å². The van der Waals surface area contributed by atoms with Crippen LogP contribution in [0.5, 0.6) is 0 Å². The van der Waals surface area contributed by atoms with Gasteiger partial charge in [0.2, 0.25) is 0 Å². The largest absolute Gasteiger partial charge is 0.327 e. The van der Waals surface area contributed by atoms with Crippen LogP contribution in [-0.4, -0.2) is 33.6 Å². The number of aromatic nitrogens is 2. The molecule has 2 heterocycles. The molecule has 4 rings (SSSR count). The number of nitrogens with one attached hydrogen (secondary N) is 1. The fourth-order valence-corrected chi connectivity index (χ4v) is 3.35. The van der Waals surface area contributed by atoms with Gasteiger partial charge in [-0.05, 0) is 49.2 Å². The molecular formula is C19H19FN4O. The number of hydrogen-bond acceptors (Lipinski definition) is 2. The lowest BCUT2D eigenvalue weighted by molar-refractivity contribution is 0.184. The summed E-state index contributed by atoms with van der Waals surface area (Å²) in [6.07, 6.45) is 3.66. The molecule has 1 N–H and O–H groups in total. The number of fused-ring (bicyclic) bond motifs is 1. The monoisotopic (exact) mass is 338 g/mol. The van der Waals surface area contributed by atoms with E-state index in [-0.39, 0.29) is 11.8 Å². The Morgan fingerprint density at radius 3 is 2.56 bits per heavy atom. The molecule has 1 fully saturated rings. The number of urea groups is 1. The number of piperidine rings is 1. The van der Waals surface area contributed by atoms with Crippen molar-refractivity contribution in [1.82, 2.24) is 14.5 Å². The molecule has 1 saturated heterocycles. The Hall–Kier alpha value is -2.89. The van der Waals surface area contributed by atoms with Crippen molar-refractivity contribution in [1.29, 1.82) is 0 Å². The summed E-state index contributed by atoms with van der Waals surface area (Å²) < 4.78 is 15.1. The molecule has 0 saturated carbocycles. The first-order chi connectivity index (χ1) is 12.2. The van der Waals surface area contributed by atoms with Crippen molar-refractivity contribution >= 4 is 22.8 Å². The Morgan fingerprint density at radius 2 is 1.80 bits per heavy atom. The predicted octanol–water partition coefficient (Wildman–Crippen LogP) is 4.04. The van der Waals surface area contributed by atoms with Gasteiger partial charge >= 0.3 is 6.03 Å². The Balaban J connectivity index is 1.39. The standard InChI is InChI=1S/C19H19FN4O/c20-14-5-7-15(8-6-14)22-19(25)23-11-9-16(10-12-23)24-13-21-17-3-1-2-4-18(17)24/h1-8,13,16H,9-12H2,(H,22,25). The molecule has 2 aromatic carbocycles. The molecule has 0 unspecified atom stereocenters. The number of likely N-dealkylation sites (tertiary alicyclic amines) is 1. The maximum Gasteiger partial charge on any atom is 0.321 e. The van der Waals surface area contributed by atoms with E-state index in [1.165, 1.54) is 12.1 Å². The lowest BCUT2D eigenvalue weighted by Crippen LogP contribution is -2.41. The smallest absolute Gasteiger partial charge is 0.321 e. The highest BCUT2D eigenvalue weighted by Gasteiger charge is 2.24. The number of benzene rings is 2. The third-order valence-electron chi connectivity index (χ3n) is 4.72. The van der Waals surface area contributed by atoms with E-state index in [1.807, 2.05) is 24.5 Å². The number of para-hydroxylation sites is 2. The molecule has 3 aromatic rings. The van der Waals surface area contributed by atoms with Crippen LogP contribution in [0.1, 0.15) is 18.9 Å². The second-order valence-corrected chi connectivity index (χ2v) is 6.30. The number of anilines is 1. The maximum absolute atomic E-state index is 12.9. The number of imidazole rings is 1. The highest BCUT2D eigenvalue weighted by molar-refractivity contribution is 5.89. The lowest BCUT2D eigenvalue weighted by atomic mass is 10.0. The van der Waals surface area contributed by atoms with Gasteiger partial charge in [0.15, 0.2) is 0 Å². The zero-order valence-electron chi connectivity index (χ0n) is 13.7. The fourth-order valence-electron chi connectivity index (χ4n) is 3.35. The molecule has 0 spiro atoms. The highest BCUT2D eigenvalue weighted by Crippen LogP contribution is 2.26. The van der Waals surface area contributed by atoms with Crippen LogP contribution in [0.15, 0.2) is 54.9 Å².